The molecule has 1 aromatic rings. The highest BCUT2D eigenvalue weighted by Crippen LogP contribution is 2.23. The number of piperidine rings is 1. The first-order valence-electron chi connectivity index (χ1n) is 7.85. The van der Waals surface area contributed by atoms with Gasteiger partial charge in [-0.2, -0.15) is 0 Å². The molecule has 0 spiro atoms. The Kier molecular flexibility index (Phi) is 6.24. The van der Waals surface area contributed by atoms with Gasteiger partial charge in [-0.1, -0.05) is 41.1 Å². The highest BCUT2D eigenvalue weighted by molar-refractivity contribution is 9.10. The first-order valence-corrected chi connectivity index (χ1v) is 8.64. The summed E-state index contributed by atoms with van der Waals surface area (Å²) < 4.78 is 1.10. The van der Waals surface area contributed by atoms with Crippen LogP contribution < -0.4 is 5.32 Å². The second kappa shape index (κ2) is 7.95. The number of benzene rings is 1. The SMILES string of the molecule is CCC(Cc1ccccc1Br)C(=O)N1CCCC(NC)C1. The van der Waals surface area contributed by atoms with Crippen LogP contribution in [0.25, 0.3) is 0 Å². The first-order chi connectivity index (χ1) is 10.2. The molecule has 1 amide bonds. The van der Waals surface area contributed by atoms with Gasteiger partial charge in [-0.25, -0.2) is 0 Å². The highest BCUT2D eigenvalue weighted by atomic mass is 79.9. The molecule has 3 nitrogen and oxygen atoms in total. The van der Waals surface area contributed by atoms with E-state index in [1.807, 2.05) is 25.2 Å². The summed E-state index contributed by atoms with van der Waals surface area (Å²) in [7, 11) is 1.98. The standard InChI is InChI=1S/C17H25BrN2O/c1-3-13(11-14-7-4-5-9-16(14)18)17(21)20-10-6-8-15(12-20)19-2/h4-5,7,9,13,15,19H,3,6,8,10-12H2,1-2H3. The van der Waals surface area contributed by atoms with Crippen LogP contribution in [0.2, 0.25) is 0 Å². The van der Waals surface area contributed by atoms with Crippen molar-refractivity contribution in [1.82, 2.24) is 10.2 Å². The van der Waals surface area contributed by atoms with E-state index < -0.39 is 0 Å². The molecule has 2 unspecified atom stereocenters. The largest absolute Gasteiger partial charge is 0.341 e. The number of likely N-dealkylation sites (N-methyl/N-ethyl adjacent to an activating group) is 1. The fourth-order valence-corrected chi connectivity index (χ4v) is 3.45. The van der Waals surface area contributed by atoms with Crippen molar-refractivity contribution in [3.05, 3.63) is 34.3 Å². The van der Waals surface area contributed by atoms with Gasteiger partial charge in [-0.05, 0) is 44.4 Å². The van der Waals surface area contributed by atoms with Crippen molar-refractivity contribution >= 4 is 21.8 Å². The third-order valence-electron chi connectivity index (χ3n) is 4.41. The minimum atomic E-state index is 0.0827. The molecule has 0 bridgehead atoms. The highest BCUT2D eigenvalue weighted by Gasteiger charge is 2.27. The lowest BCUT2D eigenvalue weighted by Crippen LogP contribution is -2.49. The van der Waals surface area contributed by atoms with Crippen LogP contribution in [0.3, 0.4) is 0 Å². The third-order valence-corrected chi connectivity index (χ3v) is 5.18. The van der Waals surface area contributed by atoms with Crippen molar-refractivity contribution in [2.75, 3.05) is 20.1 Å². The minimum Gasteiger partial charge on any atom is -0.341 e. The van der Waals surface area contributed by atoms with Crippen molar-refractivity contribution < 1.29 is 4.79 Å². The fraction of sp³-hybridized carbons (Fsp3) is 0.588. The van der Waals surface area contributed by atoms with Crippen molar-refractivity contribution in [2.45, 2.75) is 38.6 Å². The second-order valence-corrected chi connectivity index (χ2v) is 6.67. The average Bonchev–Trinajstić information content (AvgIpc) is 2.53. The molecule has 116 valence electrons. The number of rotatable bonds is 5. The monoisotopic (exact) mass is 352 g/mol. The third kappa shape index (κ3) is 4.30. The summed E-state index contributed by atoms with van der Waals surface area (Å²) in [5.74, 6) is 0.396. The van der Waals surface area contributed by atoms with Gasteiger partial charge < -0.3 is 10.2 Å². The Balaban J connectivity index is 2.03. The molecule has 1 heterocycles. The Morgan fingerprint density at radius 3 is 2.90 bits per heavy atom. The number of carbonyl (C=O) groups excluding carboxylic acids is 1. The van der Waals surface area contributed by atoms with E-state index in [0.29, 0.717) is 11.9 Å². The smallest absolute Gasteiger partial charge is 0.226 e. The van der Waals surface area contributed by atoms with Crippen LogP contribution in [0.4, 0.5) is 0 Å². The molecule has 1 N–H and O–H groups in total. The van der Waals surface area contributed by atoms with Crippen LogP contribution in [0.15, 0.2) is 28.7 Å². The number of hydrogen-bond donors (Lipinski definition) is 1. The lowest BCUT2D eigenvalue weighted by molar-refractivity contribution is -0.137. The molecular weight excluding hydrogens is 328 g/mol. The van der Waals surface area contributed by atoms with Crippen LogP contribution in [0.1, 0.15) is 31.7 Å². The van der Waals surface area contributed by atoms with Gasteiger partial charge in [-0.15, -0.1) is 0 Å². The molecule has 1 aromatic carbocycles. The molecule has 4 heteroatoms. The van der Waals surface area contributed by atoms with E-state index in [1.54, 1.807) is 0 Å². The van der Waals surface area contributed by atoms with Gasteiger partial charge in [0.25, 0.3) is 0 Å². The summed E-state index contributed by atoms with van der Waals surface area (Å²) in [4.78, 5) is 14.8. The Morgan fingerprint density at radius 1 is 1.48 bits per heavy atom. The first kappa shape index (κ1) is 16.5. The van der Waals surface area contributed by atoms with Crippen LogP contribution in [-0.2, 0) is 11.2 Å². The van der Waals surface area contributed by atoms with Crippen molar-refractivity contribution in [3.8, 4) is 0 Å². The van der Waals surface area contributed by atoms with Crippen molar-refractivity contribution in [3.63, 3.8) is 0 Å². The molecule has 1 saturated heterocycles. The van der Waals surface area contributed by atoms with Gasteiger partial charge in [0.1, 0.15) is 0 Å². The maximum absolute atomic E-state index is 12.8. The van der Waals surface area contributed by atoms with Gasteiger partial charge in [0.2, 0.25) is 5.91 Å². The molecule has 2 rings (SSSR count). The number of carbonyl (C=O) groups is 1. The molecule has 0 radical (unpaired) electrons. The minimum absolute atomic E-state index is 0.0827. The molecule has 2 atom stereocenters. The Labute approximate surface area is 136 Å². The van der Waals surface area contributed by atoms with E-state index in [4.69, 9.17) is 0 Å². The molecular formula is C17H25BrN2O. The lowest BCUT2D eigenvalue weighted by atomic mass is 9.94. The summed E-state index contributed by atoms with van der Waals surface area (Å²) in [6.45, 7) is 3.87. The van der Waals surface area contributed by atoms with Gasteiger partial charge in [0, 0.05) is 29.5 Å². The average molecular weight is 353 g/mol. The summed E-state index contributed by atoms with van der Waals surface area (Å²) in [6.07, 6.45) is 3.97. The molecule has 1 aliphatic heterocycles. The number of halogens is 1. The maximum Gasteiger partial charge on any atom is 0.226 e. The normalized spacial score (nSPS) is 20.3. The molecule has 21 heavy (non-hydrogen) atoms. The van der Waals surface area contributed by atoms with Crippen LogP contribution >= 0.6 is 15.9 Å². The molecule has 0 saturated carbocycles. The topological polar surface area (TPSA) is 32.3 Å². The van der Waals surface area contributed by atoms with E-state index in [-0.39, 0.29) is 5.92 Å². The Morgan fingerprint density at radius 2 is 2.24 bits per heavy atom. The number of nitrogens with one attached hydrogen (secondary N) is 1. The second-order valence-electron chi connectivity index (χ2n) is 5.81. The van der Waals surface area contributed by atoms with Gasteiger partial charge >= 0.3 is 0 Å². The van der Waals surface area contributed by atoms with Gasteiger partial charge in [0.15, 0.2) is 0 Å². The van der Waals surface area contributed by atoms with E-state index in [2.05, 4.69) is 39.1 Å². The van der Waals surface area contributed by atoms with E-state index in [1.165, 1.54) is 12.0 Å². The predicted molar refractivity (Wildman–Crippen MR) is 90.3 cm³/mol. The van der Waals surface area contributed by atoms with Gasteiger partial charge in [-0.3, -0.25) is 4.79 Å². The summed E-state index contributed by atoms with van der Waals surface area (Å²) >= 11 is 3.58. The fourth-order valence-electron chi connectivity index (χ4n) is 3.01. The van der Waals surface area contributed by atoms with E-state index >= 15 is 0 Å². The summed E-state index contributed by atoms with van der Waals surface area (Å²) in [5.41, 5.74) is 1.22. The van der Waals surface area contributed by atoms with Crippen LogP contribution in [-0.4, -0.2) is 37.0 Å². The van der Waals surface area contributed by atoms with Crippen molar-refractivity contribution in [1.29, 1.82) is 0 Å². The zero-order valence-electron chi connectivity index (χ0n) is 12.9. The Hall–Kier alpha value is -0.870. The quantitative estimate of drug-likeness (QED) is 0.882. The number of nitrogens with zero attached hydrogens (tertiary/aromatic N) is 1. The van der Waals surface area contributed by atoms with Crippen molar-refractivity contribution in [2.24, 2.45) is 5.92 Å². The summed E-state index contributed by atoms with van der Waals surface area (Å²) in [6, 6.07) is 8.65. The molecule has 1 fully saturated rings. The number of amides is 1. The van der Waals surface area contributed by atoms with Crippen LogP contribution in [0, 0.1) is 5.92 Å². The zero-order chi connectivity index (χ0) is 15.2. The number of likely N-dealkylation sites (tertiary alicyclic amines) is 1. The molecule has 0 aliphatic carbocycles. The van der Waals surface area contributed by atoms with E-state index in [9.17, 15) is 4.79 Å². The molecule has 1 aliphatic rings. The maximum atomic E-state index is 12.8. The lowest BCUT2D eigenvalue weighted by Gasteiger charge is -2.34. The Bertz CT molecular complexity index is 478. The van der Waals surface area contributed by atoms with Crippen LogP contribution in [0.5, 0.6) is 0 Å². The zero-order valence-corrected chi connectivity index (χ0v) is 14.5. The predicted octanol–water partition coefficient (Wildman–Crippen LogP) is 3.23. The van der Waals surface area contributed by atoms with Gasteiger partial charge in [0.05, 0.1) is 0 Å². The number of hydrogen-bond acceptors (Lipinski definition) is 2. The summed E-state index contributed by atoms with van der Waals surface area (Å²) in [5, 5.41) is 3.30. The van der Waals surface area contributed by atoms with E-state index in [0.717, 1.165) is 36.8 Å². The molecule has 0 aromatic heterocycles.